The lowest BCUT2D eigenvalue weighted by Crippen LogP contribution is -2.15. The van der Waals surface area contributed by atoms with Gasteiger partial charge in [0.2, 0.25) is 0 Å². The first-order chi connectivity index (χ1) is 12.9. The minimum Gasteiger partial charge on any atom is -0.338 e. The maximum atomic E-state index is 12.6. The lowest BCUT2D eigenvalue weighted by atomic mass is 9.96. The van der Waals surface area contributed by atoms with Crippen molar-refractivity contribution in [3.63, 3.8) is 0 Å². The van der Waals surface area contributed by atoms with Crippen LogP contribution in [0.15, 0.2) is 24.3 Å². The van der Waals surface area contributed by atoms with E-state index in [0.29, 0.717) is 39.5 Å². The number of carbonyl (C=O) groups is 1. The van der Waals surface area contributed by atoms with Gasteiger partial charge >= 0.3 is 0 Å². The van der Waals surface area contributed by atoms with Gasteiger partial charge in [-0.25, -0.2) is 14.6 Å². The van der Waals surface area contributed by atoms with E-state index in [1.807, 2.05) is 19.9 Å². The van der Waals surface area contributed by atoms with Crippen LogP contribution in [0.3, 0.4) is 0 Å². The second-order valence-corrected chi connectivity index (χ2v) is 7.47. The number of hydrogen-bond donors (Lipinski definition) is 1. The van der Waals surface area contributed by atoms with Gasteiger partial charge in [0.25, 0.3) is 5.95 Å². The maximum Gasteiger partial charge on any atom is 0.251 e. The summed E-state index contributed by atoms with van der Waals surface area (Å²) in [4.78, 5) is 21.6. The van der Waals surface area contributed by atoms with Crippen LogP contribution in [0, 0.1) is 13.8 Å². The Kier molecular flexibility index (Phi) is 4.61. The molecule has 0 radical (unpaired) electrons. The van der Waals surface area contributed by atoms with Gasteiger partial charge < -0.3 is 5.32 Å². The largest absolute Gasteiger partial charge is 0.338 e. The SMILES string of the molecule is Cc1cc(C)nc(-n2nc(Nc3cc(Cl)cc(Cl)c3)c3c2CCCC3=O)n1. The van der Waals surface area contributed by atoms with E-state index < -0.39 is 0 Å². The van der Waals surface area contributed by atoms with Crippen LogP contribution in [0.4, 0.5) is 11.5 Å². The monoisotopic (exact) mass is 401 g/mol. The Bertz CT molecular complexity index is 1020. The summed E-state index contributed by atoms with van der Waals surface area (Å²) in [6.45, 7) is 3.82. The second kappa shape index (κ2) is 6.94. The van der Waals surface area contributed by atoms with Gasteiger partial charge in [-0.1, -0.05) is 23.2 Å². The molecule has 0 saturated carbocycles. The molecule has 27 heavy (non-hydrogen) atoms. The number of aromatic nitrogens is 4. The summed E-state index contributed by atoms with van der Waals surface area (Å²) < 4.78 is 1.67. The number of nitrogens with zero attached hydrogens (tertiary/aromatic N) is 4. The van der Waals surface area contributed by atoms with Gasteiger partial charge in [-0.15, -0.1) is 5.10 Å². The molecule has 0 amide bonds. The molecule has 0 spiro atoms. The number of nitrogens with one attached hydrogen (secondary N) is 1. The van der Waals surface area contributed by atoms with Gasteiger partial charge in [-0.05, 0) is 51.0 Å². The molecule has 4 rings (SSSR count). The van der Waals surface area contributed by atoms with Crippen LogP contribution in [-0.4, -0.2) is 25.5 Å². The summed E-state index contributed by atoms with van der Waals surface area (Å²) in [6.07, 6.45) is 2.02. The molecule has 1 aromatic carbocycles. The number of ketones is 1. The van der Waals surface area contributed by atoms with E-state index in [4.69, 9.17) is 23.2 Å². The average Bonchev–Trinajstić information content (AvgIpc) is 2.93. The Morgan fingerprint density at radius 1 is 1.00 bits per heavy atom. The van der Waals surface area contributed by atoms with Gasteiger partial charge in [0.1, 0.15) is 0 Å². The first-order valence-corrected chi connectivity index (χ1v) is 9.37. The predicted molar refractivity (Wildman–Crippen MR) is 106 cm³/mol. The summed E-state index contributed by atoms with van der Waals surface area (Å²) >= 11 is 12.2. The van der Waals surface area contributed by atoms with Gasteiger partial charge in [0.05, 0.1) is 11.3 Å². The Hall–Kier alpha value is -2.44. The van der Waals surface area contributed by atoms with Crippen molar-refractivity contribution in [3.05, 3.63) is 57.0 Å². The lowest BCUT2D eigenvalue weighted by Gasteiger charge is -2.13. The highest BCUT2D eigenvalue weighted by molar-refractivity contribution is 6.35. The summed E-state index contributed by atoms with van der Waals surface area (Å²) in [6, 6.07) is 7.02. The smallest absolute Gasteiger partial charge is 0.251 e. The fraction of sp³-hybridized carbons (Fsp3) is 0.263. The van der Waals surface area contributed by atoms with E-state index in [1.54, 1.807) is 22.9 Å². The van der Waals surface area contributed by atoms with Crippen LogP contribution in [0.2, 0.25) is 10.0 Å². The number of carbonyl (C=O) groups excluding carboxylic acids is 1. The Morgan fingerprint density at radius 2 is 1.67 bits per heavy atom. The Labute approximate surface area is 166 Å². The molecule has 0 unspecified atom stereocenters. The van der Waals surface area contributed by atoms with Crippen molar-refractivity contribution in [3.8, 4) is 5.95 Å². The molecule has 1 aliphatic carbocycles. The zero-order chi connectivity index (χ0) is 19.1. The van der Waals surface area contributed by atoms with Crippen LogP contribution in [0.25, 0.3) is 5.95 Å². The first kappa shape index (κ1) is 17.9. The number of anilines is 2. The van der Waals surface area contributed by atoms with Crippen molar-refractivity contribution >= 4 is 40.5 Å². The van der Waals surface area contributed by atoms with E-state index in [-0.39, 0.29) is 5.78 Å². The average molecular weight is 402 g/mol. The number of Topliss-reactive ketones (excluding diaryl/α,β-unsaturated/α-hetero) is 1. The molecule has 1 aliphatic rings. The van der Waals surface area contributed by atoms with E-state index in [1.165, 1.54) is 0 Å². The van der Waals surface area contributed by atoms with Gasteiger partial charge in [-0.3, -0.25) is 4.79 Å². The fourth-order valence-corrected chi connectivity index (χ4v) is 3.86. The molecule has 0 atom stereocenters. The third-order valence-electron chi connectivity index (χ3n) is 4.36. The molecule has 2 heterocycles. The predicted octanol–water partition coefficient (Wildman–Crippen LogP) is 4.85. The van der Waals surface area contributed by atoms with Crippen molar-refractivity contribution in [2.45, 2.75) is 33.1 Å². The number of aryl methyl sites for hydroxylation is 2. The number of hydrogen-bond acceptors (Lipinski definition) is 5. The highest BCUT2D eigenvalue weighted by atomic mass is 35.5. The van der Waals surface area contributed by atoms with Crippen molar-refractivity contribution in [1.82, 2.24) is 19.7 Å². The van der Waals surface area contributed by atoms with E-state index in [9.17, 15) is 4.79 Å². The Morgan fingerprint density at radius 3 is 2.33 bits per heavy atom. The van der Waals surface area contributed by atoms with Gasteiger partial charge in [0, 0.05) is 33.5 Å². The maximum absolute atomic E-state index is 12.6. The second-order valence-electron chi connectivity index (χ2n) is 6.59. The van der Waals surface area contributed by atoms with Crippen molar-refractivity contribution < 1.29 is 4.79 Å². The highest BCUT2D eigenvalue weighted by Gasteiger charge is 2.28. The molecule has 8 heteroatoms. The van der Waals surface area contributed by atoms with Crippen LogP contribution >= 0.6 is 23.2 Å². The van der Waals surface area contributed by atoms with Crippen molar-refractivity contribution in [1.29, 1.82) is 0 Å². The van der Waals surface area contributed by atoms with Crippen LogP contribution < -0.4 is 5.32 Å². The lowest BCUT2D eigenvalue weighted by molar-refractivity contribution is 0.0973. The minimum atomic E-state index is 0.0579. The number of rotatable bonds is 3. The minimum absolute atomic E-state index is 0.0579. The molecule has 3 aromatic rings. The molecule has 0 aliphatic heterocycles. The normalized spacial score (nSPS) is 13.6. The van der Waals surface area contributed by atoms with Gasteiger partial charge in [-0.2, -0.15) is 0 Å². The molecular weight excluding hydrogens is 385 g/mol. The zero-order valence-electron chi connectivity index (χ0n) is 14.9. The topological polar surface area (TPSA) is 72.7 Å². The molecule has 6 nitrogen and oxygen atoms in total. The standard InChI is InChI=1S/C19H17Cl2N5O/c1-10-6-11(2)23-19(22-10)26-15-4-3-5-16(27)17(15)18(25-26)24-14-8-12(20)7-13(21)9-14/h6-9H,3-5H2,1-2H3,(H,24,25). The number of fused-ring (bicyclic) bond motifs is 1. The van der Waals surface area contributed by atoms with Crippen molar-refractivity contribution in [2.75, 3.05) is 5.32 Å². The zero-order valence-corrected chi connectivity index (χ0v) is 16.4. The summed E-state index contributed by atoms with van der Waals surface area (Å²) in [5.41, 5.74) is 3.77. The number of benzene rings is 1. The Balaban J connectivity index is 1.85. The molecule has 0 saturated heterocycles. The molecule has 1 N–H and O–H groups in total. The first-order valence-electron chi connectivity index (χ1n) is 8.61. The van der Waals surface area contributed by atoms with Crippen molar-refractivity contribution in [2.24, 2.45) is 0 Å². The third-order valence-corrected chi connectivity index (χ3v) is 4.80. The third kappa shape index (κ3) is 3.55. The van der Waals surface area contributed by atoms with Crippen LogP contribution in [0.1, 0.15) is 40.3 Å². The summed E-state index contributed by atoms with van der Waals surface area (Å²) in [7, 11) is 0. The van der Waals surface area contributed by atoms with Crippen LogP contribution in [0.5, 0.6) is 0 Å². The molecule has 0 fully saturated rings. The molecule has 138 valence electrons. The molecular formula is C19H17Cl2N5O. The highest BCUT2D eigenvalue weighted by Crippen LogP contribution is 2.32. The summed E-state index contributed by atoms with van der Waals surface area (Å²) in [5, 5.41) is 8.81. The quantitative estimate of drug-likeness (QED) is 0.678. The van der Waals surface area contributed by atoms with E-state index >= 15 is 0 Å². The van der Waals surface area contributed by atoms with E-state index in [0.717, 1.165) is 29.9 Å². The molecule has 2 aromatic heterocycles. The number of halogens is 2. The molecule has 0 bridgehead atoms. The van der Waals surface area contributed by atoms with E-state index in [2.05, 4.69) is 20.4 Å². The summed E-state index contributed by atoms with van der Waals surface area (Å²) in [5.74, 6) is 0.994. The van der Waals surface area contributed by atoms with Crippen LogP contribution in [-0.2, 0) is 6.42 Å². The van der Waals surface area contributed by atoms with Gasteiger partial charge in [0.15, 0.2) is 11.6 Å². The fourth-order valence-electron chi connectivity index (χ4n) is 3.34.